The fraction of sp³-hybridized carbons (Fsp3) is 0.455. The fourth-order valence-corrected chi connectivity index (χ4v) is 3.82. The first kappa shape index (κ1) is 22.7. The summed E-state index contributed by atoms with van der Waals surface area (Å²) in [6, 6.07) is 11.0. The van der Waals surface area contributed by atoms with Gasteiger partial charge in [-0.1, -0.05) is 18.2 Å². The van der Waals surface area contributed by atoms with Gasteiger partial charge in [0, 0.05) is 50.4 Å². The van der Waals surface area contributed by atoms with Crippen molar-refractivity contribution >= 4 is 35.8 Å². The van der Waals surface area contributed by atoms with Crippen molar-refractivity contribution in [2.45, 2.75) is 24.8 Å². The van der Waals surface area contributed by atoms with Gasteiger partial charge in [0.2, 0.25) is 0 Å². The molecule has 1 aliphatic heterocycles. The Morgan fingerprint density at radius 3 is 2.70 bits per heavy atom. The summed E-state index contributed by atoms with van der Waals surface area (Å²) in [5, 5.41) is 6.82. The molecule has 2 fully saturated rings. The van der Waals surface area contributed by atoms with E-state index in [1.54, 1.807) is 19.2 Å². The molecule has 2 N–H and O–H groups in total. The van der Waals surface area contributed by atoms with E-state index in [1.165, 1.54) is 6.07 Å². The minimum absolute atomic E-state index is 0. The number of anilines is 1. The van der Waals surface area contributed by atoms with Crippen molar-refractivity contribution in [2.75, 3.05) is 44.8 Å². The number of ether oxygens (including phenoxy) is 1. The van der Waals surface area contributed by atoms with Crippen molar-refractivity contribution in [2.24, 2.45) is 4.99 Å². The molecule has 0 radical (unpaired) electrons. The molecular weight excluding hydrogens is 496 g/mol. The van der Waals surface area contributed by atoms with Crippen LogP contribution in [0.1, 0.15) is 24.0 Å². The topological polar surface area (TPSA) is 61.8 Å². The molecule has 6 nitrogen and oxygen atoms in total. The van der Waals surface area contributed by atoms with Crippen molar-refractivity contribution in [3.05, 3.63) is 59.5 Å². The smallest absolute Gasteiger partial charge is 0.191 e. The van der Waals surface area contributed by atoms with Crippen molar-refractivity contribution in [3.8, 4) is 0 Å². The summed E-state index contributed by atoms with van der Waals surface area (Å²) in [6.07, 6.45) is 3.95. The Morgan fingerprint density at radius 1 is 1.20 bits per heavy atom. The lowest BCUT2D eigenvalue weighted by atomic mass is 9.96. The maximum absolute atomic E-state index is 13.6. The molecule has 0 amide bonds. The number of nitrogens with one attached hydrogen (secondary N) is 2. The van der Waals surface area contributed by atoms with Gasteiger partial charge < -0.3 is 20.3 Å². The lowest BCUT2D eigenvalue weighted by Crippen LogP contribution is -2.41. The van der Waals surface area contributed by atoms with E-state index in [4.69, 9.17) is 4.74 Å². The number of pyridine rings is 1. The second-order valence-electron chi connectivity index (χ2n) is 7.66. The Balaban J connectivity index is 0.00000256. The van der Waals surface area contributed by atoms with Crippen molar-refractivity contribution < 1.29 is 9.13 Å². The van der Waals surface area contributed by atoms with Crippen molar-refractivity contribution in [1.29, 1.82) is 0 Å². The zero-order valence-electron chi connectivity index (χ0n) is 17.2. The van der Waals surface area contributed by atoms with E-state index in [0.29, 0.717) is 6.54 Å². The van der Waals surface area contributed by atoms with Gasteiger partial charge in [0.1, 0.15) is 11.6 Å². The summed E-state index contributed by atoms with van der Waals surface area (Å²) in [4.78, 5) is 11.2. The monoisotopic (exact) mass is 525 g/mol. The number of nitrogens with zero attached hydrogens (tertiary/aromatic N) is 3. The van der Waals surface area contributed by atoms with Gasteiger partial charge >= 0.3 is 0 Å². The standard InChI is InChI=1S/C22H28FN5O.HI/c1-24-21(27-16-22(7-8-22)18-5-2-6-19(23)14-18)26-15-17-4-3-9-25-20(17)28-10-12-29-13-11-28;/h2-6,9,14H,7-8,10-13,15-16H2,1H3,(H2,24,26,27);1H. The molecule has 1 aromatic heterocycles. The summed E-state index contributed by atoms with van der Waals surface area (Å²) in [6.45, 7) is 4.54. The Hall–Kier alpha value is -1.94. The lowest BCUT2D eigenvalue weighted by molar-refractivity contribution is 0.122. The third-order valence-corrected chi connectivity index (χ3v) is 5.73. The number of halogens is 2. The van der Waals surface area contributed by atoms with Crippen LogP contribution in [-0.4, -0.2) is 50.8 Å². The second kappa shape index (κ2) is 10.4. The van der Waals surface area contributed by atoms with Gasteiger partial charge in [0.05, 0.1) is 13.2 Å². The Morgan fingerprint density at radius 2 is 2.00 bits per heavy atom. The molecule has 0 spiro atoms. The van der Waals surface area contributed by atoms with E-state index in [2.05, 4.69) is 31.6 Å². The van der Waals surface area contributed by atoms with E-state index < -0.39 is 0 Å². The average molecular weight is 525 g/mol. The van der Waals surface area contributed by atoms with Gasteiger partial charge in [0.25, 0.3) is 0 Å². The molecule has 2 aromatic rings. The summed E-state index contributed by atoms with van der Waals surface area (Å²) in [7, 11) is 1.77. The number of hydrogen-bond acceptors (Lipinski definition) is 4. The highest BCUT2D eigenvalue weighted by atomic mass is 127. The normalized spacial score (nSPS) is 17.8. The number of rotatable bonds is 6. The van der Waals surface area contributed by atoms with E-state index in [-0.39, 0.29) is 35.2 Å². The lowest BCUT2D eigenvalue weighted by Gasteiger charge is -2.29. The van der Waals surface area contributed by atoms with Crippen molar-refractivity contribution in [3.63, 3.8) is 0 Å². The highest BCUT2D eigenvalue weighted by Crippen LogP contribution is 2.47. The highest BCUT2D eigenvalue weighted by Gasteiger charge is 2.44. The van der Waals surface area contributed by atoms with E-state index in [9.17, 15) is 4.39 Å². The summed E-state index contributed by atoms with van der Waals surface area (Å²) < 4.78 is 19.1. The predicted molar refractivity (Wildman–Crippen MR) is 128 cm³/mol. The first-order valence-electron chi connectivity index (χ1n) is 10.2. The molecule has 1 saturated heterocycles. The third-order valence-electron chi connectivity index (χ3n) is 5.73. The second-order valence-corrected chi connectivity index (χ2v) is 7.66. The van der Waals surface area contributed by atoms with Gasteiger partial charge in [-0.05, 0) is 36.6 Å². The molecule has 30 heavy (non-hydrogen) atoms. The molecule has 0 bridgehead atoms. The van der Waals surface area contributed by atoms with E-state index in [1.807, 2.05) is 18.3 Å². The molecule has 0 atom stereocenters. The van der Waals surface area contributed by atoms with Crippen molar-refractivity contribution in [1.82, 2.24) is 15.6 Å². The van der Waals surface area contributed by atoms with Crippen LogP contribution in [0.4, 0.5) is 10.2 Å². The number of aromatic nitrogens is 1. The highest BCUT2D eigenvalue weighted by molar-refractivity contribution is 14.0. The minimum atomic E-state index is -0.177. The minimum Gasteiger partial charge on any atom is -0.378 e. The van der Waals surface area contributed by atoms with Gasteiger partial charge in [-0.25, -0.2) is 9.37 Å². The molecule has 4 rings (SSSR count). The quantitative estimate of drug-likeness (QED) is 0.345. The van der Waals surface area contributed by atoms with Crippen LogP contribution in [0.25, 0.3) is 0 Å². The molecule has 2 heterocycles. The van der Waals surface area contributed by atoms with Crippen LogP contribution in [0.15, 0.2) is 47.6 Å². The van der Waals surface area contributed by atoms with Crippen LogP contribution >= 0.6 is 24.0 Å². The van der Waals surface area contributed by atoms with Crippen LogP contribution < -0.4 is 15.5 Å². The van der Waals surface area contributed by atoms with Gasteiger partial charge in [0.15, 0.2) is 5.96 Å². The van der Waals surface area contributed by atoms with Crippen LogP contribution in [0.2, 0.25) is 0 Å². The largest absolute Gasteiger partial charge is 0.378 e. The molecule has 0 unspecified atom stereocenters. The number of guanidine groups is 1. The number of hydrogen-bond donors (Lipinski definition) is 2. The predicted octanol–water partition coefficient (Wildman–Crippen LogP) is 3.07. The average Bonchev–Trinajstić information content (AvgIpc) is 3.56. The first-order valence-corrected chi connectivity index (χ1v) is 10.2. The maximum atomic E-state index is 13.6. The summed E-state index contributed by atoms with van der Waals surface area (Å²) in [5.41, 5.74) is 2.19. The Bertz CT molecular complexity index is 868. The van der Waals surface area contributed by atoms with Crippen LogP contribution in [0.5, 0.6) is 0 Å². The van der Waals surface area contributed by atoms with E-state index >= 15 is 0 Å². The SMILES string of the molecule is CN=C(NCc1cccnc1N1CCOCC1)NCC1(c2cccc(F)c2)CC1.I. The van der Waals surface area contributed by atoms with Gasteiger partial charge in [-0.15, -0.1) is 24.0 Å². The molecule has 1 saturated carbocycles. The molecule has 2 aliphatic rings. The van der Waals surface area contributed by atoms with Gasteiger partial charge in [-0.3, -0.25) is 4.99 Å². The Kier molecular flexibility index (Phi) is 7.87. The Labute approximate surface area is 194 Å². The fourth-order valence-electron chi connectivity index (χ4n) is 3.82. The number of aliphatic imine (C=N–C) groups is 1. The zero-order valence-corrected chi connectivity index (χ0v) is 19.6. The molecule has 1 aliphatic carbocycles. The molecular formula is C22H29FIN5O. The molecule has 162 valence electrons. The van der Waals surface area contributed by atoms with E-state index in [0.717, 1.165) is 68.6 Å². The number of benzene rings is 1. The molecule has 8 heteroatoms. The van der Waals surface area contributed by atoms with Crippen LogP contribution in [0, 0.1) is 5.82 Å². The number of morpholine rings is 1. The van der Waals surface area contributed by atoms with Crippen LogP contribution in [-0.2, 0) is 16.7 Å². The summed E-state index contributed by atoms with van der Waals surface area (Å²) >= 11 is 0. The zero-order chi connectivity index (χ0) is 20.1. The third kappa shape index (κ3) is 5.40. The van der Waals surface area contributed by atoms with Gasteiger partial charge in [-0.2, -0.15) is 0 Å². The first-order chi connectivity index (χ1) is 14.2. The maximum Gasteiger partial charge on any atom is 0.191 e. The van der Waals surface area contributed by atoms with Crippen LogP contribution in [0.3, 0.4) is 0 Å². The summed E-state index contributed by atoms with van der Waals surface area (Å²) in [5.74, 6) is 1.56. The molecule has 1 aromatic carbocycles.